The monoisotopic (exact) mass is 270 g/mol. The molecule has 0 unspecified atom stereocenters. The number of rotatable bonds is 3. The van der Waals surface area contributed by atoms with E-state index in [4.69, 9.17) is 29.6 Å². The van der Waals surface area contributed by atoms with Crippen LogP contribution in [-0.2, 0) is 0 Å². The lowest BCUT2D eigenvalue weighted by atomic mass is 10.3. The van der Waals surface area contributed by atoms with Gasteiger partial charge >= 0.3 is 6.03 Å². The number of hydrazone groups is 1. The molecule has 0 aromatic heterocycles. The Morgan fingerprint density at radius 1 is 1.41 bits per heavy atom. The lowest BCUT2D eigenvalue weighted by Crippen LogP contribution is -2.28. The minimum absolute atomic E-state index is 0.390. The predicted octanol–water partition coefficient (Wildman–Crippen LogP) is 2.12. The number of nitrogens with one attached hydrogen (secondary N) is 2. The minimum Gasteiger partial charge on any atom is -0.350 e. The molecule has 0 fully saturated rings. The molecule has 17 heavy (non-hydrogen) atoms. The Bertz CT molecular complexity index is 458. The van der Waals surface area contributed by atoms with Crippen molar-refractivity contribution in [1.82, 2.24) is 5.43 Å². The summed E-state index contributed by atoms with van der Waals surface area (Å²) in [4.78, 5) is 10.8. The molecule has 0 aliphatic rings. The summed E-state index contributed by atoms with van der Waals surface area (Å²) in [5.74, 6) is 0. The van der Waals surface area contributed by atoms with Crippen LogP contribution in [0.15, 0.2) is 29.4 Å². The first kappa shape index (κ1) is 13.4. The second-order valence-corrected chi connectivity index (χ2v) is 3.98. The molecule has 4 N–H and O–H groups in total. The van der Waals surface area contributed by atoms with E-state index >= 15 is 0 Å². The number of amides is 2. The van der Waals surface area contributed by atoms with Crippen LogP contribution in [0.3, 0.4) is 0 Å². The summed E-state index contributed by atoms with van der Waals surface area (Å²) >= 11 is 10.8. The molecule has 2 amide bonds. The highest BCUT2D eigenvalue weighted by molar-refractivity contribution is 7.82. The van der Waals surface area contributed by atoms with E-state index < -0.39 is 6.03 Å². The van der Waals surface area contributed by atoms with Crippen LogP contribution in [0.4, 0.5) is 10.5 Å². The largest absolute Gasteiger partial charge is 0.350 e. The molecular formula is C10H11ClN4OS. The molecule has 1 aromatic rings. The number of halogens is 1. The second kappa shape index (κ2) is 6.17. The average Bonchev–Trinajstić information content (AvgIpc) is 2.28. The Morgan fingerprint density at radius 2 is 2.00 bits per heavy atom. The third-order valence-electron chi connectivity index (χ3n) is 1.76. The van der Waals surface area contributed by atoms with Crippen LogP contribution in [0.2, 0.25) is 5.02 Å². The van der Waals surface area contributed by atoms with E-state index in [-0.39, 0.29) is 0 Å². The van der Waals surface area contributed by atoms with E-state index in [0.717, 1.165) is 5.69 Å². The smallest absolute Gasteiger partial charge is 0.332 e. The summed E-state index contributed by atoms with van der Waals surface area (Å²) in [6.45, 7) is 1.65. The van der Waals surface area contributed by atoms with Gasteiger partial charge in [0.15, 0.2) is 0 Å². The van der Waals surface area contributed by atoms with Crippen LogP contribution < -0.4 is 16.5 Å². The van der Waals surface area contributed by atoms with Crippen molar-refractivity contribution >= 4 is 46.2 Å². The van der Waals surface area contributed by atoms with Gasteiger partial charge in [0.1, 0.15) is 4.99 Å². The highest BCUT2D eigenvalue weighted by atomic mass is 35.5. The maximum absolute atomic E-state index is 10.4. The zero-order valence-electron chi connectivity index (χ0n) is 9.03. The maximum Gasteiger partial charge on any atom is 0.332 e. The standard InChI is InChI=1S/C10H11ClN4OS/c1-6(14-15-10(12)16)9(17)13-8-4-2-7(11)3-5-8/h2-5H,1H3,(H,13,17)(H3,12,15,16)/b14-6+. The first-order valence-corrected chi connectivity index (χ1v) is 5.44. The van der Waals surface area contributed by atoms with Gasteiger partial charge in [0.25, 0.3) is 0 Å². The van der Waals surface area contributed by atoms with E-state index in [2.05, 4.69) is 15.8 Å². The van der Waals surface area contributed by atoms with Crippen molar-refractivity contribution < 1.29 is 4.79 Å². The van der Waals surface area contributed by atoms with Crippen LogP contribution in [0, 0.1) is 0 Å². The molecule has 5 nitrogen and oxygen atoms in total. The fourth-order valence-corrected chi connectivity index (χ4v) is 1.23. The number of hydrogen-bond acceptors (Lipinski definition) is 3. The Kier molecular flexibility index (Phi) is 4.86. The van der Waals surface area contributed by atoms with Crippen molar-refractivity contribution in [3.8, 4) is 0 Å². The Hall–Kier alpha value is -1.66. The zero-order valence-corrected chi connectivity index (χ0v) is 10.6. The van der Waals surface area contributed by atoms with Crippen molar-refractivity contribution in [3.63, 3.8) is 0 Å². The van der Waals surface area contributed by atoms with Crippen LogP contribution >= 0.6 is 23.8 Å². The topological polar surface area (TPSA) is 79.5 Å². The SMILES string of the molecule is C/C(=N\NC(N)=O)C(=S)Nc1ccc(Cl)cc1. The van der Waals surface area contributed by atoms with Gasteiger partial charge in [-0.1, -0.05) is 23.8 Å². The number of urea groups is 1. The van der Waals surface area contributed by atoms with Gasteiger partial charge in [-0.3, -0.25) is 0 Å². The number of nitrogens with two attached hydrogens (primary N) is 1. The molecule has 0 spiro atoms. The first-order valence-electron chi connectivity index (χ1n) is 4.65. The summed E-state index contributed by atoms with van der Waals surface area (Å²) in [7, 11) is 0. The third-order valence-corrected chi connectivity index (χ3v) is 2.41. The molecule has 0 saturated carbocycles. The van der Waals surface area contributed by atoms with Gasteiger partial charge < -0.3 is 11.1 Å². The molecule has 0 radical (unpaired) electrons. The first-order chi connectivity index (χ1) is 7.99. The average molecular weight is 271 g/mol. The normalized spacial score (nSPS) is 10.8. The van der Waals surface area contributed by atoms with E-state index in [1.807, 2.05) is 0 Å². The summed E-state index contributed by atoms with van der Waals surface area (Å²) in [6.07, 6.45) is 0. The van der Waals surface area contributed by atoms with Gasteiger partial charge in [0.2, 0.25) is 0 Å². The number of nitrogens with zero attached hydrogens (tertiary/aromatic N) is 1. The van der Waals surface area contributed by atoms with Crippen molar-refractivity contribution in [2.45, 2.75) is 6.92 Å². The molecule has 0 aliphatic carbocycles. The number of carbonyl (C=O) groups excluding carboxylic acids is 1. The zero-order chi connectivity index (χ0) is 12.8. The van der Waals surface area contributed by atoms with Crippen molar-refractivity contribution in [1.29, 1.82) is 0 Å². The number of hydrogen-bond donors (Lipinski definition) is 3. The molecule has 1 aromatic carbocycles. The van der Waals surface area contributed by atoms with E-state index in [1.54, 1.807) is 31.2 Å². The molecule has 7 heteroatoms. The summed E-state index contributed by atoms with van der Waals surface area (Å²) in [5.41, 5.74) is 8.21. The van der Waals surface area contributed by atoms with Crippen LogP contribution in [-0.4, -0.2) is 16.7 Å². The predicted molar refractivity (Wildman–Crippen MR) is 73.5 cm³/mol. The quantitative estimate of drug-likeness (QED) is 0.447. The number of benzene rings is 1. The highest BCUT2D eigenvalue weighted by Gasteiger charge is 2.02. The molecule has 90 valence electrons. The Morgan fingerprint density at radius 3 is 2.53 bits per heavy atom. The molecule has 0 atom stereocenters. The fraction of sp³-hybridized carbons (Fsp3) is 0.100. The molecular weight excluding hydrogens is 260 g/mol. The molecule has 0 heterocycles. The van der Waals surface area contributed by atoms with Crippen molar-refractivity contribution in [2.24, 2.45) is 10.8 Å². The van der Waals surface area contributed by atoms with Crippen LogP contribution in [0.5, 0.6) is 0 Å². The van der Waals surface area contributed by atoms with Gasteiger partial charge in [-0.2, -0.15) is 5.10 Å². The summed E-state index contributed by atoms with van der Waals surface area (Å²) in [5, 5.41) is 7.28. The fourth-order valence-electron chi connectivity index (χ4n) is 0.944. The lowest BCUT2D eigenvalue weighted by molar-refractivity contribution is 0.249. The molecule has 0 bridgehead atoms. The lowest BCUT2D eigenvalue weighted by Gasteiger charge is -2.07. The third kappa shape index (κ3) is 4.80. The second-order valence-electron chi connectivity index (χ2n) is 3.13. The van der Waals surface area contributed by atoms with Crippen LogP contribution in [0.25, 0.3) is 0 Å². The van der Waals surface area contributed by atoms with Gasteiger partial charge in [-0.25, -0.2) is 10.2 Å². The van der Waals surface area contributed by atoms with E-state index in [9.17, 15) is 4.79 Å². The number of carbonyl (C=O) groups is 1. The van der Waals surface area contributed by atoms with Gasteiger partial charge in [0, 0.05) is 10.7 Å². The van der Waals surface area contributed by atoms with Crippen molar-refractivity contribution in [3.05, 3.63) is 29.3 Å². The molecule has 0 aliphatic heterocycles. The summed E-state index contributed by atoms with van der Waals surface area (Å²) < 4.78 is 0. The maximum atomic E-state index is 10.4. The Labute approximate surface area is 109 Å². The molecule has 1 rings (SSSR count). The van der Waals surface area contributed by atoms with Gasteiger partial charge in [-0.15, -0.1) is 0 Å². The van der Waals surface area contributed by atoms with Gasteiger partial charge in [-0.05, 0) is 31.2 Å². The van der Waals surface area contributed by atoms with E-state index in [1.165, 1.54) is 0 Å². The van der Waals surface area contributed by atoms with Crippen molar-refractivity contribution in [2.75, 3.05) is 5.32 Å². The van der Waals surface area contributed by atoms with Crippen LogP contribution in [0.1, 0.15) is 6.92 Å². The van der Waals surface area contributed by atoms with Gasteiger partial charge in [0.05, 0.1) is 5.71 Å². The minimum atomic E-state index is -0.737. The highest BCUT2D eigenvalue weighted by Crippen LogP contribution is 2.13. The molecule has 0 saturated heterocycles. The number of primary amides is 1. The number of anilines is 1. The van der Waals surface area contributed by atoms with E-state index in [0.29, 0.717) is 15.7 Å². The summed E-state index contributed by atoms with van der Waals surface area (Å²) in [6, 6.07) is 6.30. The number of thiocarbonyl (C=S) groups is 1. The Balaban J connectivity index is 2.63.